The molecule has 0 saturated heterocycles. The van der Waals surface area contributed by atoms with Gasteiger partial charge < -0.3 is 64.6 Å². The fraction of sp³-hybridized carbons (Fsp3) is 0.458. The van der Waals surface area contributed by atoms with E-state index in [1.807, 2.05) is 12.1 Å². The summed E-state index contributed by atoms with van der Waals surface area (Å²) in [6, 6.07) is 20.5. The number of halogens is 1. The van der Waals surface area contributed by atoms with E-state index >= 15 is 0 Å². The third-order valence-corrected chi connectivity index (χ3v) is 11.8. The van der Waals surface area contributed by atoms with Crippen molar-refractivity contribution in [2.24, 2.45) is 0 Å². The van der Waals surface area contributed by atoms with E-state index in [-0.39, 0.29) is 48.6 Å². The van der Waals surface area contributed by atoms with Crippen LogP contribution < -0.4 is 36.1 Å². The molecule has 0 saturated carbocycles. The van der Waals surface area contributed by atoms with Crippen LogP contribution in [0.4, 0.5) is 14.4 Å². The molecule has 6 amide bonds. The Bertz CT molecular complexity index is 2750. The maximum Gasteiger partial charge on any atom is 0.514 e. The molecule has 81 heavy (non-hydrogen) atoms. The second kappa shape index (κ2) is 30.2. The van der Waals surface area contributed by atoms with Gasteiger partial charge >= 0.3 is 18.4 Å². The third-order valence-electron chi connectivity index (χ3n) is 11.6. The number of nitrogens with one attached hydrogen (secondary N) is 5. The van der Waals surface area contributed by atoms with E-state index in [9.17, 15) is 38.4 Å². The molecule has 4 aromatic carbocycles. The predicted octanol–water partition coefficient (Wildman–Crippen LogP) is 8.60. The van der Waals surface area contributed by atoms with Crippen molar-refractivity contribution in [2.45, 2.75) is 142 Å². The number of unbranched alkanes of at least 4 members (excludes halogenated alkanes) is 1. The van der Waals surface area contributed by atoms with Crippen LogP contribution in [0.15, 0.2) is 97.1 Å². The molecule has 4 rings (SSSR count). The Hall–Kier alpha value is -7.75. The molecule has 0 radical (unpaired) electrons. The van der Waals surface area contributed by atoms with E-state index in [4.69, 9.17) is 44.8 Å². The second-order valence-corrected chi connectivity index (χ2v) is 22.3. The largest absolute Gasteiger partial charge is 0.514 e. The molecule has 0 aromatic heterocycles. The Morgan fingerprint density at radius 3 is 1.58 bits per heavy atom. The number of alkyl carbamates (subject to hydrolysis) is 1. The molecule has 0 bridgehead atoms. The summed E-state index contributed by atoms with van der Waals surface area (Å²) in [5, 5.41) is 14.2. The van der Waals surface area contributed by atoms with Gasteiger partial charge in [0.2, 0.25) is 23.6 Å². The molecular weight excluding hydrogens is 1070 g/mol. The highest BCUT2D eigenvalue weighted by Crippen LogP contribution is 2.27. The zero-order valence-electron chi connectivity index (χ0n) is 48.3. The van der Waals surface area contributed by atoms with Crippen LogP contribution >= 0.6 is 11.6 Å². The van der Waals surface area contributed by atoms with Crippen molar-refractivity contribution in [1.82, 2.24) is 31.5 Å². The maximum atomic E-state index is 14.9. The number of methoxy groups -OCH3 is 2. The molecule has 4 aromatic rings. The lowest BCUT2D eigenvalue weighted by Gasteiger charge is -2.32. The first-order chi connectivity index (χ1) is 37.9. The fourth-order valence-electron chi connectivity index (χ4n) is 7.67. The number of hydrogen-bond donors (Lipinski definition) is 5. The van der Waals surface area contributed by atoms with Crippen molar-refractivity contribution in [2.75, 3.05) is 34.4 Å². The van der Waals surface area contributed by atoms with Gasteiger partial charge in [0.25, 0.3) is 5.91 Å². The van der Waals surface area contributed by atoms with Gasteiger partial charge in [-0.3, -0.25) is 24.0 Å². The first-order valence-corrected chi connectivity index (χ1v) is 26.7. The number of rotatable bonds is 24. The first-order valence-electron chi connectivity index (χ1n) is 26.3. The van der Waals surface area contributed by atoms with Crippen LogP contribution in [0.5, 0.6) is 11.5 Å². The number of carbonyl (C=O) groups excluding carboxylic acids is 8. The smallest absolute Gasteiger partial charge is 0.444 e. The Balaban J connectivity index is 1.65. The lowest BCUT2D eigenvalue weighted by Crippen LogP contribution is -2.56. The van der Waals surface area contributed by atoms with E-state index in [0.717, 1.165) is 16.0 Å². The van der Waals surface area contributed by atoms with Crippen LogP contribution in [0, 0.1) is 0 Å². The summed E-state index contributed by atoms with van der Waals surface area (Å²) in [7, 11) is 4.15. The number of hydrogen-bond acceptors (Lipinski definition) is 15. The minimum atomic E-state index is -1.49. The van der Waals surface area contributed by atoms with E-state index in [0.29, 0.717) is 23.4 Å². The van der Waals surface area contributed by atoms with Crippen LogP contribution in [-0.4, -0.2) is 128 Å². The van der Waals surface area contributed by atoms with Gasteiger partial charge in [0, 0.05) is 44.8 Å². The van der Waals surface area contributed by atoms with Gasteiger partial charge in [-0.15, -0.1) is 0 Å². The van der Waals surface area contributed by atoms with E-state index < -0.39 is 95.2 Å². The van der Waals surface area contributed by atoms with Gasteiger partial charge in [-0.05, 0) is 159 Å². The van der Waals surface area contributed by atoms with Crippen LogP contribution in [0.1, 0.15) is 116 Å². The molecule has 22 heteroatoms. The quantitative estimate of drug-likeness (QED) is 0.0145. The lowest BCUT2D eigenvalue weighted by atomic mass is 10.0. The summed E-state index contributed by atoms with van der Waals surface area (Å²) in [5.74, 6) is -3.32. The maximum absolute atomic E-state index is 14.9. The molecule has 4 atom stereocenters. The monoisotopic (exact) mass is 1140 g/mol. The highest BCUT2D eigenvalue weighted by atomic mass is 35.5. The number of nitrogens with zero attached hydrogens (tertiary/aromatic N) is 1. The van der Waals surface area contributed by atoms with Crippen LogP contribution in [0.25, 0.3) is 11.1 Å². The Morgan fingerprint density at radius 1 is 0.568 bits per heavy atom. The molecule has 0 unspecified atom stereocenters. The van der Waals surface area contributed by atoms with E-state index in [2.05, 4.69) is 26.6 Å². The van der Waals surface area contributed by atoms with Crippen molar-refractivity contribution in [3.8, 4) is 22.6 Å². The SMILES string of the molecule is COC(CNC(=O)[C@H](Cc1ccc(OC(=O)OC(C)(C)C)cc1)NC(=O)[C@H](C)NC(=O)[C@H](c1ccc(OC(=O)OC(C)(C)C)cc1)N(C)C(=O)[C@H](CCCCNC(=O)OC(C)(C)C)NC(=O)c1ccc(-c2ccc(Cl)cc2)cc1)OC. The van der Waals surface area contributed by atoms with Gasteiger partial charge in [0.15, 0.2) is 6.29 Å². The number of likely N-dealkylation sites (N-methyl/N-ethyl adjacent to an activating group) is 1. The van der Waals surface area contributed by atoms with E-state index in [1.54, 1.807) is 111 Å². The molecule has 0 heterocycles. The summed E-state index contributed by atoms with van der Waals surface area (Å²) < 4.78 is 37.0. The zero-order valence-corrected chi connectivity index (χ0v) is 49.1. The minimum Gasteiger partial charge on any atom is -0.444 e. The van der Waals surface area contributed by atoms with E-state index in [1.165, 1.54) is 64.6 Å². The number of benzene rings is 4. The Kier molecular flexibility index (Phi) is 24.5. The van der Waals surface area contributed by atoms with Crippen molar-refractivity contribution in [3.05, 3.63) is 119 Å². The summed E-state index contributed by atoms with van der Waals surface area (Å²) in [4.78, 5) is 110. The topological polar surface area (TPSA) is 265 Å². The highest BCUT2D eigenvalue weighted by Gasteiger charge is 2.36. The molecule has 21 nitrogen and oxygen atoms in total. The lowest BCUT2D eigenvalue weighted by molar-refractivity contribution is -0.141. The normalized spacial score (nSPS) is 13.0. The molecule has 0 aliphatic heterocycles. The third kappa shape index (κ3) is 23.1. The zero-order chi connectivity index (χ0) is 60.2. The molecule has 440 valence electrons. The van der Waals surface area contributed by atoms with Crippen LogP contribution in [-0.2, 0) is 49.3 Å². The number of ether oxygens (including phenoxy) is 7. The fourth-order valence-corrected chi connectivity index (χ4v) is 7.80. The minimum absolute atomic E-state index is 0.0536. The Labute approximate surface area is 478 Å². The van der Waals surface area contributed by atoms with Crippen LogP contribution in [0.2, 0.25) is 5.02 Å². The molecular formula is C59H77ClN6O15. The number of carbonyl (C=O) groups is 8. The molecule has 0 fully saturated rings. The Morgan fingerprint density at radius 2 is 1.07 bits per heavy atom. The van der Waals surface area contributed by atoms with Gasteiger partial charge in [-0.2, -0.15) is 0 Å². The van der Waals surface area contributed by atoms with Crippen LogP contribution in [0.3, 0.4) is 0 Å². The summed E-state index contributed by atoms with van der Waals surface area (Å²) in [6.07, 6.45) is -2.65. The van der Waals surface area contributed by atoms with Gasteiger partial charge in [0.05, 0.1) is 6.54 Å². The van der Waals surface area contributed by atoms with Crippen molar-refractivity contribution < 1.29 is 71.5 Å². The predicted molar refractivity (Wildman–Crippen MR) is 302 cm³/mol. The standard InChI is InChI=1S/C59H77ClN6O15/c1-36(49(67)65-46(51(69)62-35-47(75-12)76-13)34-37-17-29-43(30-18-37)77-55(73)80-58(5,6)7)63-52(70)48(40-25-31-44(32-26-40)78-56(74)81-59(8,9)10)66(11)53(71)45(16-14-15-33-61-54(72)79-57(2,3)4)64-50(68)41-21-19-38(20-22-41)39-23-27-42(60)28-24-39/h17-32,36,45-48H,14-16,33-35H2,1-13H3,(H,61,72)(H,62,69)(H,63,70)(H,64,68)(H,65,67)/t36-,45-,46-,48-/m0/s1. The second-order valence-electron chi connectivity index (χ2n) is 21.9. The number of amides is 6. The van der Waals surface area contributed by atoms with Crippen molar-refractivity contribution in [1.29, 1.82) is 0 Å². The van der Waals surface area contributed by atoms with Crippen molar-refractivity contribution in [3.63, 3.8) is 0 Å². The summed E-state index contributed by atoms with van der Waals surface area (Å²) in [5.41, 5.74) is 0.290. The first kappa shape index (κ1) is 65.8. The van der Waals surface area contributed by atoms with Gasteiger partial charge in [-0.25, -0.2) is 14.4 Å². The van der Waals surface area contributed by atoms with Gasteiger partial charge in [-0.1, -0.05) is 60.1 Å². The molecule has 0 aliphatic rings. The summed E-state index contributed by atoms with van der Waals surface area (Å²) >= 11 is 6.10. The highest BCUT2D eigenvalue weighted by molar-refractivity contribution is 6.30. The summed E-state index contributed by atoms with van der Waals surface area (Å²) in [6.45, 7) is 16.8. The molecule has 5 N–H and O–H groups in total. The molecule has 0 aliphatic carbocycles. The average Bonchev–Trinajstić information content (AvgIpc) is 3.43. The molecule has 0 spiro atoms. The average molecular weight is 1150 g/mol. The van der Waals surface area contributed by atoms with Gasteiger partial charge in [0.1, 0.15) is 52.5 Å². The van der Waals surface area contributed by atoms with Crippen molar-refractivity contribution >= 4 is 59.5 Å².